The fraction of sp³-hybridized carbons (Fsp3) is 0.444. The van der Waals surface area contributed by atoms with E-state index in [0.717, 1.165) is 43.8 Å². The highest BCUT2D eigenvalue weighted by molar-refractivity contribution is 8.14. The first-order valence-corrected chi connectivity index (χ1v) is 9.31. The van der Waals surface area contributed by atoms with Crippen molar-refractivity contribution >= 4 is 28.5 Å². The van der Waals surface area contributed by atoms with Crippen LogP contribution in [0, 0.1) is 5.92 Å². The van der Waals surface area contributed by atoms with E-state index in [2.05, 4.69) is 28.4 Å². The molecule has 0 spiro atoms. The molecule has 0 saturated carbocycles. The summed E-state index contributed by atoms with van der Waals surface area (Å²) in [7, 11) is 0. The second kappa shape index (κ2) is 6.40. The highest BCUT2D eigenvalue weighted by Crippen LogP contribution is 2.33. The predicted octanol–water partition coefficient (Wildman–Crippen LogP) is 3.44. The molecule has 120 valence electrons. The summed E-state index contributed by atoms with van der Waals surface area (Å²) >= 11 is 1.84. The summed E-state index contributed by atoms with van der Waals surface area (Å²) < 4.78 is 0. The van der Waals surface area contributed by atoms with E-state index in [4.69, 9.17) is 4.99 Å². The van der Waals surface area contributed by atoms with E-state index in [9.17, 15) is 4.79 Å². The normalized spacial score (nSPS) is 26.1. The Hall–Kier alpha value is -1.75. The van der Waals surface area contributed by atoms with Crippen molar-refractivity contribution in [3.05, 3.63) is 42.0 Å². The Morgan fingerprint density at radius 2 is 2.35 bits per heavy atom. The number of fused-ring (bicyclic) bond motifs is 1. The van der Waals surface area contributed by atoms with Gasteiger partial charge in [-0.05, 0) is 37.0 Å². The van der Waals surface area contributed by atoms with Crippen LogP contribution >= 0.6 is 11.8 Å². The molecule has 1 aliphatic carbocycles. The van der Waals surface area contributed by atoms with Gasteiger partial charge < -0.3 is 10.2 Å². The number of thioether (sulfide) groups is 1. The van der Waals surface area contributed by atoms with E-state index in [0.29, 0.717) is 0 Å². The van der Waals surface area contributed by atoms with E-state index < -0.39 is 0 Å². The number of benzene rings is 1. The Morgan fingerprint density at radius 3 is 3.17 bits per heavy atom. The quantitative estimate of drug-likeness (QED) is 0.865. The monoisotopic (exact) mass is 327 g/mol. The van der Waals surface area contributed by atoms with Gasteiger partial charge in [0, 0.05) is 24.5 Å². The maximum Gasteiger partial charge on any atom is 0.231 e. The molecule has 4 nitrogen and oxygen atoms in total. The van der Waals surface area contributed by atoms with Crippen LogP contribution in [0.5, 0.6) is 0 Å². The van der Waals surface area contributed by atoms with Crippen LogP contribution in [0.4, 0.5) is 5.69 Å². The van der Waals surface area contributed by atoms with Gasteiger partial charge in [0.2, 0.25) is 5.91 Å². The Kier molecular flexibility index (Phi) is 4.12. The standard InChI is InChI=1S/C18H21N3OS/c22-17(13-5-2-1-3-6-13)19-15-8-4-7-14(11-15)16-12-21-9-10-23-18(21)20-16/h2,4-5,7-8,11,13,16H,1,3,6,9-10,12H2,(H,19,22). The second-order valence-electron chi connectivity index (χ2n) is 6.30. The van der Waals surface area contributed by atoms with Crippen LogP contribution in [0.25, 0.3) is 0 Å². The van der Waals surface area contributed by atoms with Gasteiger partial charge in [-0.1, -0.05) is 36.0 Å². The van der Waals surface area contributed by atoms with Crippen molar-refractivity contribution in [2.45, 2.75) is 25.3 Å². The lowest BCUT2D eigenvalue weighted by atomic mass is 9.95. The molecule has 2 unspecified atom stereocenters. The number of nitrogens with one attached hydrogen (secondary N) is 1. The summed E-state index contributed by atoms with van der Waals surface area (Å²) in [4.78, 5) is 19.5. The van der Waals surface area contributed by atoms with Gasteiger partial charge in [0.05, 0.1) is 12.0 Å². The molecule has 1 N–H and O–H groups in total. The third kappa shape index (κ3) is 3.15. The van der Waals surface area contributed by atoms with Gasteiger partial charge in [-0.15, -0.1) is 0 Å². The smallest absolute Gasteiger partial charge is 0.231 e. The first kappa shape index (κ1) is 14.8. The molecule has 5 heteroatoms. The van der Waals surface area contributed by atoms with E-state index in [1.54, 1.807) is 0 Å². The Balaban J connectivity index is 1.46. The van der Waals surface area contributed by atoms with Crippen molar-refractivity contribution in [2.24, 2.45) is 10.9 Å². The average Bonchev–Trinajstić information content (AvgIpc) is 3.17. The Bertz CT molecular complexity index is 670. The minimum Gasteiger partial charge on any atom is -0.348 e. The first-order valence-electron chi connectivity index (χ1n) is 8.32. The largest absolute Gasteiger partial charge is 0.348 e. The zero-order valence-corrected chi connectivity index (χ0v) is 13.9. The minimum atomic E-state index is 0.0148. The van der Waals surface area contributed by atoms with Crippen molar-refractivity contribution in [3.8, 4) is 0 Å². The highest BCUT2D eigenvalue weighted by atomic mass is 32.2. The maximum atomic E-state index is 12.4. The Labute approximate surface area is 141 Å². The number of amides is 1. The number of carbonyl (C=O) groups is 1. The minimum absolute atomic E-state index is 0.0148. The summed E-state index contributed by atoms with van der Waals surface area (Å²) in [6.45, 7) is 2.07. The zero-order chi connectivity index (χ0) is 15.6. The summed E-state index contributed by atoms with van der Waals surface area (Å²) in [5, 5.41) is 4.25. The number of carbonyl (C=O) groups excluding carboxylic acids is 1. The third-order valence-corrected chi connectivity index (χ3v) is 5.66. The van der Waals surface area contributed by atoms with Crippen LogP contribution in [0.3, 0.4) is 0 Å². The summed E-state index contributed by atoms with van der Waals surface area (Å²) in [6.07, 6.45) is 7.29. The number of amidine groups is 1. The van der Waals surface area contributed by atoms with Gasteiger partial charge in [-0.25, -0.2) is 0 Å². The van der Waals surface area contributed by atoms with E-state index in [1.165, 1.54) is 10.7 Å². The number of hydrogen-bond donors (Lipinski definition) is 1. The number of allylic oxidation sites excluding steroid dienone is 1. The first-order chi connectivity index (χ1) is 11.3. The number of hydrogen-bond acceptors (Lipinski definition) is 4. The van der Waals surface area contributed by atoms with Crippen molar-refractivity contribution in [1.29, 1.82) is 0 Å². The number of rotatable bonds is 3. The molecular weight excluding hydrogens is 306 g/mol. The summed E-state index contributed by atoms with van der Waals surface area (Å²) in [5.74, 6) is 1.27. The van der Waals surface area contributed by atoms with E-state index in [-0.39, 0.29) is 17.9 Å². The van der Waals surface area contributed by atoms with Crippen LogP contribution in [0.2, 0.25) is 0 Å². The molecule has 2 heterocycles. The maximum absolute atomic E-state index is 12.4. The lowest BCUT2D eigenvalue weighted by Crippen LogP contribution is -2.23. The number of nitrogens with zero attached hydrogens (tertiary/aromatic N) is 2. The molecule has 1 aromatic carbocycles. The molecule has 2 aliphatic heterocycles. The Morgan fingerprint density at radius 1 is 1.39 bits per heavy atom. The van der Waals surface area contributed by atoms with Crippen LogP contribution in [0.15, 0.2) is 41.4 Å². The molecule has 0 radical (unpaired) electrons. The van der Waals surface area contributed by atoms with Crippen LogP contribution in [0.1, 0.15) is 30.9 Å². The molecular formula is C18H21N3OS. The van der Waals surface area contributed by atoms with Gasteiger partial charge in [-0.2, -0.15) is 0 Å². The van der Waals surface area contributed by atoms with Crippen molar-refractivity contribution < 1.29 is 4.79 Å². The summed E-state index contributed by atoms with van der Waals surface area (Å²) in [6, 6.07) is 8.36. The van der Waals surface area contributed by atoms with Gasteiger partial charge in [0.1, 0.15) is 0 Å². The molecule has 23 heavy (non-hydrogen) atoms. The number of anilines is 1. The lowest BCUT2D eigenvalue weighted by molar-refractivity contribution is -0.118. The van der Waals surface area contributed by atoms with E-state index >= 15 is 0 Å². The molecule has 0 aromatic heterocycles. The predicted molar refractivity (Wildman–Crippen MR) is 95.8 cm³/mol. The van der Waals surface area contributed by atoms with Gasteiger partial charge in [0.25, 0.3) is 0 Å². The van der Waals surface area contributed by atoms with Crippen molar-refractivity contribution in [1.82, 2.24) is 4.90 Å². The van der Waals surface area contributed by atoms with Gasteiger partial charge in [0.15, 0.2) is 5.17 Å². The molecule has 1 saturated heterocycles. The molecule has 1 fully saturated rings. The van der Waals surface area contributed by atoms with E-state index in [1.807, 2.05) is 30.0 Å². The molecule has 3 aliphatic rings. The van der Waals surface area contributed by atoms with Crippen LogP contribution < -0.4 is 5.32 Å². The molecule has 1 aromatic rings. The highest BCUT2D eigenvalue weighted by Gasteiger charge is 2.30. The van der Waals surface area contributed by atoms with Gasteiger partial charge >= 0.3 is 0 Å². The van der Waals surface area contributed by atoms with Crippen molar-refractivity contribution in [3.63, 3.8) is 0 Å². The summed E-state index contributed by atoms with van der Waals surface area (Å²) in [5.41, 5.74) is 2.07. The number of aliphatic imine (C=N–C) groups is 1. The molecule has 1 amide bonds. The molecule has 2 atom stereocenters. The SMILES string of the molecule is O=C(Nc1cccc(C2CN3CCSC3=N2)c1)C1C=CCCC1. The zero-order valence-electron chi connectivity index (χ0n) is 13.1. The van der Waals surface area contributed by atoms with Crippen LogP contribution in [-0.4, -0.2) is 34.8 Å². The average molecular weight is 327 g/mol. The molecule has 4 rings (SSSR count). The molecule has 0 bridgehead atoms. The topological polar surface area (TPSA) is 44.7 Å². The van der Waals surface area contributed by atoms with Crippen molar-refractivity contribution in [2.75, 3.05) is 24.2 Å². The fourth-order valence-electron chi connectivity index (χ4n) is 3.37. The lowest BCUT2D eigenvalue weighted by Gasteiger charge is -2.17. The van der Waals surface area contributed by atoms with Gasteiger partial charge in [-0.3, -0.25) is 9.79 Å². The third-order valence-electron chi connectivity index (χ3n) is 4.65. The second-order valence-corrected chi connectivity index (χ2v) is 7.36. The fourth-order valence-corrected chi connectivity index (χ4v) is 4.42. The van der Waals surface area contributed by atoms with Crippen LogP contribution in [-0.2, 0) is 4.79 Å².